The lowest BCUT2D eigenvalue weighted by molar-refractivity contribution is -0.0453. The molecule has 2 rings (SSSR count). The van der Waals surface area contributed by atoms with Crippen molar-refractivity contribution in [2.75, 3.05) is 0 Å². The molecule has 0 saturated heterocycles. The summed E-state index contributed by atoms with van der Waals surface area (Å²) < 4.78 is 0. The van der Waals surface area contributed by atoms with Crippen LogP contribution in [0.4, 0.5) is 0 Å². The van der Waals surface area contributed by atoms with Gasteiger partial charge in [0.25, 0.3) is 0 Å². The third kappa shape index (κ3) is 3.83. The highest BCUT2D eigenvalue weighted by molar-refractivity contribution is 5.18. The molecule has 0 bridgehead atoms. The van der Waals surface area contributed by atoms with Gasteiger partial charge in [-0.1, -0.05) is 37.1 Å². The van der Waals surface area contributed by atoms with Crippen molar-refractivity contribution in [3.63, 3.8) is 0 Å². The van der Waals surface area contributed by atoms with Gasteiger partial charge in [-0.15, -0.1) is 0 Å². The normalized spacial score (nSPS) is 40.7. The first kappa shape index (κ1) is 17.7. The molecule has 126 valence electrons. The predicted molar refractivity (Wildman–Crippen MR) is 92.6 cm³/mol. The largest absolute Gasteiger partial charge is 0.390 e. The first-order valence-electron chi connectivity index (χ1n) is 8.94. The van der Waals surface area contributed by atoms with Crippen LogP contribution in [0.25, 0.3) is 0 Å². The summed E-state index contributed by atoms with van der Waals surface area (Å²) in [6.45, 7) is 10.6. The van der Waals surface area contributed by atoms with Crippen molar-refractivity contribution in [2.45, 2.75) is 84.3 Å². The molecule has 0 unspecified atom stereocenters. The monoisotopic (exact) mass is 306 g/mol. The summed E-state index contributed by atoms with van der Waals surface area (Å²) in [5, 5.41) is 21.9. The first-order chi connectivity index (χ1) is 10.1. The maximum Gasteiger partial charge on any atom is 0.0686 e. The minimum absolute atomic E-state index is 0.0679. The van der Waals surface area contributed by atoms with Crippen LogP contribution in [-0.2, 0) is 0 Å². The van der Waals surface area contributed by atoms with E-state index in [-0.39, 0.29) is 11.8 Å². The Balaban J connectivity index is 2.42. The van der Waals surface area contributed by atoms with Gasteiger partial charge < -0.3 is 10.2 Å². The van der Waals surface area contributed by atoms with Crippen LogP contribution >= 0.6 is 0 Å². The number of aliphatic hydroxyl groups is 2. The van der Waals surface area contributed by atoms with E-state index in [1.165, 1.54) is 11.1 Å². The average molecular weight is 306 g/mol. The molecule has 0 radical (unpaired) electrons. The fraction of sp³-hybridized carbons (Fsp3) is 0.800. The molecule has 1 fully saturated rings. The summed E-state index contributed by atoms with van der Waals surface area (Å²) in [4.78, 5) is 0. The molecule has 0 aromatic rings. The van der Waals surface area contributed by atoms with Crippen molar-refractivity contribution in [1.29, 1.82) is 0 Å². The van der Waals surface area contributed by atoms with Gasteiger partial charge in [-0.3, -0.25) is 0 Å². The van der Waals surface area contributed by atoms with Gasteiger partial charge in [0.05, 0.1) is 11.2 Å². The number of rotatable bonds is 1. The zero-order chi connectivity index (χ0) is 16.5. The number of hydrogen-bond acceptors (Lipinski definition) is 2. The summed E-state index contributed by atoms with van der Waals surface area (Å²) in [6.07, 6.45) is 10.2. The standard InChI is InChI=1S/C20H34O2/c1-14(2)16-9-8-15(3)7-6-11-19(4,21)17-10-12-20(5,22)18(17)13-16/h7,13-14,17-18,21-22H,6,8-12H2,1-5H3/t17-,18+,19-,20+/m1/s1. The highest BCUT2D eigenvalue weighted by Gasteiger charge is 2.49. The van der Waals surface area contributed by atoms with E-state index in [9.17, 15) is 10.2 Å². The predicted octanol–water partition coefficient (Wildman–Crippen LogP) is 4.62. The van der Waals surface area contributed by atoms with Crippen LogP contribution in [0.1, 0.15) is 73.1 Å². The summed E-state index contributed by atoms with van der Waals surface area (Å²) >= 11 is 0. The number of fused-ring (bicyclic) bond motifs is 1. The molecule has 4 atom stereocenters. The fourth-order valence-corrected chi connectivity index (χ4v) is 4.26. The average Bonchev–Trinajstić information content (AvgIpc) is 2.68. The van der Waals surface area contributed by atoms with E-state index in [2.05, 4.69) is 32.9 Å². The lowest BCUT2D eigenvalue weighted by Crippen LogP contribution is -2.41. The van der Waals surface area contributed by atoms with Crippen molar-refractivity contribution in [2.24, 2.45) is 17.8 Å². The maximum absolute atomic E-state index is 11.0. The van der Waals surface area contributed by atoms with Crippen LogP contribution in [0.5, 0.6) is 0 Å². The van der Waals surface area contributed by atoms with Crippen LogP contribution < -0.4 is 0 Å². The van der Waals surface area contributed by atoms with Gasteiger partial charge in [0.2, 0.25) is 0 Å². The quantitative estimate of drug-likeness (QED) is 0.694. The van der Waals surface area contributed by atoms with E-state index >= 15 is 0 Å². The van der Waals surface area contributed by atoms with Gasteiger partial charge in [0.1, 0.15) is 0 Å². The molecule has 1 saturated carbocycles. The van der Waals surface area contributed by atoms with Crippen LogP contribution in [0, 0.1) is 17.8 Å². The van der Waals surface area contributed by atoms with Gasteiger partial charge >= 0.3 is 0 Å². The first-order valence-corrected chi connectivity index (χ1v) is 8.94. The number of hydrogen-bond donors (Lipinski definition) is 2. The minimum atomic E-state index is -0.704. The lowest BCUT2D eigenvalue weighted by atomic mass is 9.74. The lowest BCUT2D eigenvalue weighted by Gasteiger charge is -2.37. The Morgan fingerprint density at radius 3 is 2.41 bits per heavy atom. The molecular formula is C20H34O2. The molecule has 0 aromatic heterocycles. The summed E-state index contributed by atoms with van der Waals surface area (Å²) in [5.41, 5.74) is 1.46. The highest BCUT2D eigenvalue weighted by Crippen LogP contribution is 2.48. The smallest absolute Gasteiger partial charge is 0.0686 e. The summed E-state index contributed by atoms with van der Waals surface area (Å²) in [5.74, 6) is 0.719. The van der Waals surface area contributed by atoms with Gasteiger partial charge in [-0.05, 0) is 71.1 Å². The summed E-state index contributed by atoms with van der Waals surface area (Å²) in [6, 6.07) is 0. The van der Waals surface area contributed by atoms with E-state index in [1.807, 2.05) is 13.8 Å². The Bertz CT molecular complexity index is 454. The fourth-order valence-electron chi connectivity index (χ4n) is 4.26. The van der Waals surface area contributed by atoms with Gasteiger partial charge in [-0.2, -0.15) is 0 Å². The SMILES string of the molecule is CC1=CCC[C@@](C)(O)[C@@H]2CC[C@](C)(O)[C@H]2C=C(C(C)C)CC1. The molecule has 2 nitrogen and oxygen atoms in total. The molecule has 0 aromatic carbocycles. The maximum atomic E-state index is 11.0. The Morgan fingerprint density at radius 2 is 1.77 bits per heavy atom. The van der Waals surface area contributed by atoms with Crippen LogP contribution in [0.15, 0.2) is 23.3 Å². The van der Waals surface area contributed by atoms with E-state index in [1.54, 1.807) is 0 Å². The molecule has 2 aliphatic carbocycles. The molecule has 0 amide bonds. The topological polar surface area (TPSA) is 40.5 Å². The van der Waals surface area contributed by atoms with Crippen molar-refractivity contribution in [3.05, 3.63) is 23.3 Å². The molecule has 0 heterocycles. The van der Waals surface area contributed by atoms with Crippen molar-refractivity contribution < 1.29 is 10.2 Å². The Hall–Kier alpha value is -0.600. The van der Waals surface area contributed by atoms with Crippen molar-refractivity contribution in [1.82, 2.24) is 0 Å². The van der Waals surface area contributed by atoms with Crippen LogP contribution in [-0.4, -0.2) is 21.4 Å². The Kier molecular flexibility index (Phi) is 5.23. The van der Waals surface area contributed by atoms with Crippen molar-refractivity contribution >= 4 is 0 Å². The van der Waals surface area contributed by atoms with E-state index < -0.39 is 11.2 Å². The molecule has 2 N–H and O–H groups in total. The molecular weight excluding hydrogens is 272 g/mol. The second-order valence-electron chi connectivity index (χ2n) is 8.37. The molecule has 0 spiro atoms. The van der Waals surface area contributed by atoms with E-state index in [0.717, 1.165) is 38.5 Å². The third-order valence-corrected chi connectivity index (χ3v) is 6.00. The van der Waals surface area contributed by atoms with E-state index in [0.29, 0.717) is 5.92 Å². The van der Waals surface area contributed by atoms with Gasteiger partial charge in [0, 0.05) is 5.92 Å². The Labute approximate surface area is 136 Å². The second kappa shape index (κ2) is 6.49. The van der Waals surface area contributed by atoms with Gasteiger partial charge in [0.15, 0.2) is 0 Å². The molecule has 2 heteroatoms. The third-order valence-electron chi connectivity index (χ3n) is 6.00. The zero-order valence-electron chi connectivity index (χ0n) is 15.0. The minimum Gasteiger partial charge on any atom is -0.390 e. The molecule has 0 aliphatic heterocycles. The Morgan fingerprint density at radius 1 is 1.09 bits per heavy atom. The van der Waals surface area contributed by atoms with Crippen LogP contribution in [0.3, 0.4) is 0 Å². The molecule has 22 heavy (non-hydrogen) atoms. The molecule has 2 aliphatic rings. The van der Waals surface area contributed by atoms with Gasteiger partial charge in [-0.25, -0.2) is 0 Å². The zero-order valence-corrected chi connectivity index (χ0v) is 15.0. The summed E-state index contributed by atoms with van der Waals surface area (Å²) in [7, 11) is 0. The second-order valence-corrected chi connectivity index (χ2v) is 8.37. The highest BCUT2D eigenvalue weighted by atomic mass is 16.3. The number of allylic oxidation sites excluding steroid dienone is 3. The van der Waals surface area contributed by atoms with Crippen LogP contribution in [0.2, 0.25) is 0 Å². The van der Waals surface area contributed by atoms with Crippen molar-refractivity contribution in [3.8, 4) is 0 Å². The van der Waals surface area contributed by atoms with E-state index in [4.69, 9.17) is 0 Å².